The fraction of sp³-hybridized carbons (Fsp3) is 0.875. The predicted octanol–water partition coefficient (Wildman–Crippen LogP) is 6.98. The average molecular weight is 515 g/mol. The number of aliphatic carboxylic acids is 1. The molecule has 0 aliphatic heterocycles. The minimum absolute atomic E-state index is 0.0146. The van der Waals surface area contributed by atoms with Gasteiger partial charge in [0.05, 0.1) is 5.41 Å². The Morgan fingerprint density at radius 1 is 0.919 bits per heavy atom. The molecule has 0 aromatic rings. The van der Waals surface area contributed by atoms with E-state index in [9.17, 15) is 19.8 Å². The van der Waals surface area contributed by atoms with Crippen LogP contribution >= 0.6 is 0 Å². The Kier molecular flexibility index (Phi) is 5.95. The topological polar surface area (TPSA) is 83.8 Å². The summed E-state index contributed by atoms with van der Waals surface area (Å²) in [5.74, 6) is -0.721. The first kappa shape index (κ1) is 27.2. The highest BCUT2D eigenvalue weighted by molar-refractivity contribution is 5.76. The van der Waals surface area contributed by atoms with Crippen molar-refractivity contribution < 1.29 is 24.5 Å². The Balaban J connectivity index is 1.58. The Bertz CT molecular complexity index is 1030. The van der Waals surface area contributed by atoms with Gasteiger partial charge in [0, 0.05) is 18.8 Å². The summed E-state index contributed by atoms with van der Waals surface area (Å²) in [6.45, 7) is 17.6. The number of esters is 1. The van der Waals surface area contributed by atoms with Crippen LogP contribution in [0.5, 0.6) is 0 Å². The first-order valence-electron chi connectivity index (χ1n) is 14.9. The first-order chi connectivity index (χ1) is 17.0. The summed E-state index contributed by atoms with van der Waals surface area (Å²) in [5, 5.41) is 22.2. The molecule has 5 aliphatic rings. The van der Waals surface area contributed by atoms with E-state index in [1.165, 1.54) is 12.5 Å². The maximum atomic E-state index is 12.9. The summed E-state index contributed by atoms with van der Waals surface area (Å²) < 4.78 is 5.62. The molecule has 0 spiro atoms. The number of rotatable bonds is 2. The van der Waals surface area contributed by atoms with Gasteiger partial charge >= 0.3 is 11.9 Å². The average Bonchev–Trinajstić information content (AvgIpc) is 2.79. The van der Waals surface area contributed by atoms with Gasteiger partial charge in [-0.15, -0.1) is 0 Å². The lowest BCUT2D eigenvalue weighted by atomic mass is 9.33. The molecule has 4 fully saturated rings. The lowest BCUT2D eigenvalue weighted by molar-refractivity contribution is -0.316. The van der Waals surface area contributed by atoms with Crippen LogP contribution < -0.4 is 0 Å². The number of ether oxygens (including phenoxy) is 1. The van der Waals surface area contributed by atoms with Crippen molar-refractivity contribution in [1.82, 2.24) is 0 Å². The van der Waals surface area contributed by atoms with Gasteiger partial charge in [0.2, 0.25) is 5.79 Å². The van der Waals surface area contributed by atoms with Crippen LogP contribution in [0.3, 0.4) is 0 Å². The number of carboxylic acids is 1. The normalized spacial score (nSPS) is 52.5. The van der Waals surface area contributed by atoms with Gasteiger partial charge in [-0.25, -0.2) is 0 Å². The zero-order valence-electron chi connectivity index (χ0n) is 24.4. The zero-order chi connectivity index (χ0) is 27.4. The second kappa shape index (κ2) is 8.08. The number of carboxylic acid groups (broad SMARTS) is 1. The molecule has 0 radical (unpaired) electrons. The smallest absolute Gasteiger partial charge is 0.310 e. The third-order valence-electron chi connectivity index (χ3n) is 13.9. The highest BCUT2D eigenvalue weighted by Gasteiger charge is 2.71. The standard InChI is InChI=1S/C32H50O5/c1-19-11-14-31(26(34)35)17-16-29(7)22(25(31)20(19)2)9-10-24-28(6)15-18-32(36,37-21(3)33)27(4,5)23(28)12-13-30(24,29)8/h9,19-20,23-25,36H,10-18H2,1-8H3,(H,34,35). The molecule has 5 aliphatic carbocycles. The summed E-state index contributed by atoms with van der Waals surface area (Å²) in [4.78, 5) is 24.8. The molecule has 10 unspecified atom stereocenters. The highest BCUT2D eigenvalue weighted by Crippen LogP contribution is 2.76. The molecular weight excluding hydrogens is 464 g/mol. The van der Waals surface area contributed by atoms with Gasteiger partial charge in [-0.3, -0.25) is 9.59 Å². The molecule has 10 atom stereocenters. The molecule has 5 rings (SSSR count). The van der Waals surface area contributed by atoms with E-state index in [-0.39, 0.29) is 28.1 Å². The maximum absolute atomic E-state index is 12.9. The van der Waals surface area contributed by atoms with Gasteiger partial charge in [-0.2, -0.15) is 0 Å². The number of carbonyl (C=O) groups excluding carboxylic acids is 1. The van der Waals surface area contributed by atoms with Crippen molar-refractivity contribution in [3.05, 3.63) is 11.6 Å². The molecule has 4 saturated carbocycles. The number of hydrogen-bond donors (Lipinski definition) is 2. The van der Waals surface area contributed by atoms with E-state index >= 15 is 0 Å². The van der Waals surface area contributed by atoms with Gasteiger partial charge in [0.1, 0.15) is 0 Å². The first-order valence-corrected chi connectivity index (χ1v) is 14.9. The van der Waals surface area contributed by atoms with Crippen LogP contribution in [0, 0.1) is 56.7 Å². The van der Waals surface area contributed by atoms with Crippen molar-refractivity contribution >= 4 is 11.9 Å². The quantitative estimate of drug-likeness (QED) is 0.236. The highest BCUT2D eigenvalue weighted by atomic mass is 16.7. The van der Waals surface area contributed by atoms with E-state index in [2.05, 4.69) is 54.5 Å². The van der Waals surface area contributed by atoms with E-state index in [0.717, 1.165) is 51.4 Å². The lowest BCUT2D eigenvalue weighted by Crippen LogP contribution is -2.68. The minimum atomic E-state index is -1.43. The summed E-state index contributed by atoms with van der Waals surface area (Å²) in [5.41, 5.74) is 0.353. The fourth-order valence-electron chi connectivity index (χ4n) is 11.2. The molecule has 0 saturated heterocycles. The van der Waals surface area contributed by atoms with Crippen molar-refractivity contribution in [3.63, 3.8) is 0 Å². The van der Waals surface area contributed by atoms with E-state index in [1.54, 1.807) is 0 Å². The number of carbonyl (C=O) groups is 2. The largest absolute Gasteiger partial charge is 0.481 e. The minimum Gasteiger partial charge on any atom is -0.481 e. The van der Waals surface area contributed by atoms with Gasteiger partial charge in [0.25, 0.3) is 0 Å². The summed E-state index contributed by atoms with van der Waals surface area (Å²) in [6.07, 6.45) is 10.3. The van der Waals surface area contributed by atoms with Crippen LogP contribution in [0.1, 0.15) is 113 Å². The molecule has 0 heterocycles. The monoisotopic (exact) mass is 514 g/mol. The molecule has 2 N–H and O–H groups in total. The predicted molar refractivity (Wildman–Crippen MR) is 143 cm³/mol. The van der Waals surface area contributed by atoms with E-state index < -0.39 is 28.6 Å². The Labute approximate surface area is 223 Å². The third-order valence-corrected chi connectivity index (χ3v) is 13.9. The van der Waals surface area contributed by atoms with E-state index in [4.69, 9.17) is 4.74 Å². The van der Waals surface area contributed by atoms with Crippen LogP contribution in [0.25, 0.3) is 0 Å². The number of hydrogen-bond acceptors (Lipinski definition) is 4. The van der Waals surface area contributed by atoms with E-state index in [1.807, 2.05) is 0 Å². The number of aliphatic hydroxyl groups is 1. The third kappa shape index (κ3) is 3.25. The zero-order valence-corrected chi connectivity index (χ0v) is 24.4. The fourth-order valence-corrected chi connectivity index (χ4v) is 11.2. The second-order valence-electron chi connectivity index (χ2n) is 15.2. The molecule has 208 valence electrons. The van der Waals surface area contributed by atoms with Crippen molar-refractivity contribution in [2.45, 2.75) is 119 Å². The molecule has 0 aromatic carbocycles. The Morgan fingerprint density at radius 3 is 2.22 bits per heavy atom. The maximum Gasteiger partial charge on any atom is 0.310 e. The lowest BCUT2D eigenvalue weighted by Gasteiger charge is -2.72. The van der Waals surface area contributed by atoms with Crippen LogP contribution in [0.2, 0.25) is 0 Å². The van der Waals surface area contributed by atoms with Gasteiger partial charge in [0.15, 0.2) is 0 Å². The number of allylic oxidation sites excluding steroid dienone is 2. The molecule has 0 aromatic heterocycles. The van der Waals surface area contributed by atoms with Crippen LogP contribution in [-0.2, 0) is 14.3 Å². The van der Waals surface area contributed by atoms with Crippen molar-refractivity contribution in [3.8, 4) is 0 Å². The SMILES string of the molecule is CC(=O)OC1(O)CCC2(C)C(CCC3(C)C2CC=C2C4C(C)C(C)CCC4(C(=O)O)CCC23C)C1(C)C. The van der Waals surface area contributed by atoms with E-state index in [0.29, 0.717) is 24.2 Å². The summed E-state index contributed by atoms with van der Waals surface area (Å²) >= 11 is 0. The van der Waals surface area contributed by atoms with Gasteiger partial charge in [-0.1, -0.05) is 60.1 Å². The molecule has 0 bridgehead atoms. The van der Waals surface area contributed by atoms with Crippen molar-refractivity contribution in [1.29, 1.82) is 0 Å². The second-order valence-corrected chi connectivity index (χ2v) is 15.2. The summed E-state index contributed by atoms with van der Waals surface area (Å²) in [6, 6.07) is 0. The van der Waals surface area contributed by atoms with Crippen LogP contribution in [0.15, 0.2) is 11.6 Å². The Morgan fingerprint density at radius 2 is 1.59 bits per heavy atom. The molecule has 0 amide bonds. The van der Waals surface area contributed by atoms with Crippen LogP contribution in [0.4, 0.5) is 0 Å². The van der Waals surface area contributed by atoms with Gasteiger partial charge in [-0.05, 0) is 97.2 Å². The summed E-state index contributed by atoms with van der Waals surface area (Å²) in [7, 11) is 0. The van der Waals surface area contributed by atoms with Crippen molar-refractivity contribution in [2.24, 2.45) is 56.7 Å². The molecular formula is C32H50O5. The van der Waals surface area contributed by atoms with Gasteiger partial charge < -0.3 is 14.9 Å². The molecule has 5 heteroatoms. The van der Waals surface area contributed by atoms with Crippen LogP contribution in [-0.4, -0.2) is 27.9 Å². The Hall–Kier alpha value is -1.36. The van der Waals surface area contributed by atoms with Crippen molar-refractivity contribution in [2.75, 3.05) is 0 Å². The number of fused-ring (bicyclic) bond motifs is 7. The molecule has 5 nitrogen and oxygen atoms in total. The molecule has 37 heavy (non-hydrogen) atoms.